The van der Waals surface area contributed by atoms with Crippen molar-refractivity contribution in [2.75, 3.05) is 17.7 Å². The second-order valence-corrected chi connectivity index (χ2v) is 7.44. The minimum absolute atomic E-state index is 0.248. The molecule has 3 rings (SSSR count). The van der Waals surface area contributed by atoms with Crippen molar-refractivity contribution >= 4 is 46.0 Å². The van der Waals surface area contributed by atoms with Crippen LogP contribution in [-0.2, 0) is 4.79 Å². The van der Waals surface area contributed by atoms with Gasteiger partial charge in [0, 0.05) is 40.5 Å². The van der Waals surface area contributed by atoms with Crippen LogP contribution in [0.2, 0.25) is 0 Å². The van der Waals surface area contributed by atoms with Gasteiger partial charge in [-0.15, -0.1) is 11.3 Å². The molecule has 0 fully saturated rings. The molecule has 3 aromatic rings. The van der Waals surface area contributed by atoms with E-state index in [0.717, 1.165) is 10.5 Å². The van der Waals surface area contributed by atoms with Gasteiger partial charge in [0.2, 0.25) is 5.91 Å². The molecule has 0 spiro atoms. The highest BCUT2D eigenvalue weighted by Crippen LogP contribution is 2.20. The van der Waals surface area contributed by atoms with Crippen molar-refractivity contribution in [1.82, 2.24) is 5.32 Å². The number of nitrogens with one attached hydrogen (secondary N) is 3. The second-order valence-electron chi connectivity index (χ2n) is 6.49. The van der Waals surface area contributed by atoms with Gasteiger partial charge in [0.05, 0.1) is 0 Å². The van der Waals surface area contributed by atoms with E-state index in [0.29, 0.717) is 22.5 Å². The lowest BCUT2D eigenvalue weighted by atomic mass is 10.1. The molecule has 0 unspecified atom stereocenters. The summed E-state index contributed by atoms with van der Waals surface area (Å²) >= 11 is 1.57. The van der Waals surface area contributed by atoms with Crippen molar-refractivity contribution in [3.8, 4) is 0 Å². The molecule has 2 aromatic carbocycles. The lowest BCUT2D eigenvalue weighted by Crippen LogP contribution is -2.19. The van der Waals surface area contributed by atoms with Crippen LogP contribution in [-0.4, -0.2) is 24.8 Å². The number of benzene rings is 2. The third kappa shape index (κ3) is 5.42. The molecule has 6 nitrogen and oxygen atoms in total. The minimum atomic E-state index is -0.349. The smallest absolute Gasteiger partial charge is 0.255 e. The molecule has 0 saturated heterocycles. The molecule has 0 saturated carbocycles. The molecule has 0 aliphatic heterocycles. The quantitative estimate of drug-likeness (QED) is 0.518. The Bertz CT molecular complexity index is 1100. The Labute approximate surface area is 178 Å². The third-order valence-corrected chi connectivity index (χ3v) is 5.26. The number of allylic oxidation sites excluding steroid dienone is 1. The molecule has 30 heavy (non-hydrogen) atoms. The number of hydrogen-bond donors (Lipinski definition) is 3. The highest BCUT2D eigenvalue weighted by Gasteiger charge is 2.10. The van der Waals surface area contributed by atoms with Crippen LogP contribution in [0, 0.1) is 0 Å². The van der Waals surface area contributed by atoms with Gasteiger partial charge in [0.15, 0.2) is 0 Å². The summed E-state index contributed by atoms with van der Waals surface area (Å²) < 4.78 is 0. The first kappa shape index (κ1) is 21.0. The fraction of sp³-hybridized carbons (Fsp3) is 0.0870. The first-order valence-corrected chi connectivity index (χ1v) is 10.1. The first-order chi connectivity index (χ1) is 14.5. The summed E-state index contributed by atoms with van der Waals surface area (Å²) in [7, 11) is 1.53. The van der Waals surface area contributed by atoms with Gasteiger partial charge >= 0.3 is 0 Å². The van der Waals surface area contributed by atoms with Crippen LogP contribution < -0.4 is 16.0 Å². The number of anilines is 2. The molecule has 7 heteroatoms. The predicted molar refractivity (Wildman–Crippen MR) is 121 cm³/mol. The number of carbonyl (C=O) groups excluding carboxylic acids is 3. The number of hydrogen-bond acceptors (Lipinski definition) is 4. The average Bonchev–Trinajstić information content (AvgIpc) is 3.28. The standard InChI is InChI=1S/C23H21N3O3S/c1-15(20-10-5-11-30-20)12-21(27)25-18-8-4-9-19(14-18)26-23(29)17-7-3-6-16(13-17)22(28)24-2/h3-14H,1-2H3,(H,24,28)(H,25,27)(H,26,29)/b15-12+. The monoisotopic (exact) mass is 419 g/mol. The van der Waals surface area contributed by atoms with E-state index < -0.39 is 0 Å². The molecule has 1 heterocycles. The van der Waals surface area contributed by atoms with Gasteiger partial charge in [0.1, 0.15) is 0 Å². The van der Waals surface area contributed by atoms with Gasteiger partial charge in [-0.1, -0.05) is 18.2 Å². The van der Waals surface area contributed by atoms with Crippen LogP contribution in [0.25, 0.3) is 5.57 Å². The summed E-state index contributed by atoms with van der Waals surface area (Å²) in [5, 5.41) is 10.1. The van der Waals surface area contributed by atoms with Gasteiger partial charge in [-0.05, 0) is 60.3 Å². The zero-order chi connectivity index (χ0) is 21.5. The van der Waals surface area contributed by atoms with Gasteiger partial charge in [-0.25, -0.2) is 0 Å². The molecular formula is C23H21N3O3S. The summed E-state index contributed by atoms with van der Waals surface area (Å²) in [5.74, 6) is -0.861. The summed E-state index contributed by atoms with van der Waals surface area (Å²) in [4.78, 5) is 37.6. The van der Waals surface area contributed by atoms with Crippen molar-refractivity contribution < 1.29 is 14.4 Å². The molecule has 0 radical (unpaired) electrons. The van der Waals surface area contributed by atoms with Crippen LogP contribution in [0.3, 0.4) is 0 Å². The van der Waals surface area contributed by atoms with Gasteiger partial charge in [0.25, 0.3) is 11.8 Å². The Kier molecular flexibility index (Phi) is 6.77. The van der Waals surface area contributed by atoms with E-state index in [-0.39, 0.29) is 17.7 Å². The molecule has 152 valence electrons. The number of carbonyl (C=O) groups is 3. The van der Waals surface area contributed by atoms with Gasteiger partial charge in [-0.2, -0.15) is 0 Å². The number of thiophene rings is 1. The van der Waals surface area contributed by atoms with Crippen LogP contribution in [0.4, 0.5) is 11.4 Å². The fourth-order valence-corrected chi connectivity index (χ4v) is 3.48. The lowest BCUT2D eigenvalue weighted by molar-refractivity contribution is -0.111. The zero-order valence-electron chi connectivity index (χ0n) is 16.6. The molecule has 0 bridgehead atoms. The summed E-state index contributed by atoms with van der Waals surface area (Å²) in [6, 6.07) is 17.2. The number of amides is 3. The molecule has 0 atom stereocenters. The first-order valence-electron chi connectivity index (χ1n) is 9.23. The summed E-state index contributed by atoms with van der Waals surface area (Å²) in [6.07, 6.45) is 1.54. The Morgan fingerprint density at radius 3 is 2.17 bits per heavy atom. The Hall–Kier alpha value is -3.71. The van der Waals surface area contributed by atoms with E-state index in [9.17, 15) is 14.4 Å². The van der Waals surface area contributed by atoms with E-state index in [1.165, 1.54) is 13.1 Å². The SMILES string of the molecule is CNC(=O)c1cccc(C(=O)Nc2cccc(NC(=O)/C=C(\C)c3cccs3)c2)c1. The lowest BCUT2D eigenvalue weighted by Gasteiger charge is -2.09. The fourth-order valence-electron chi connectivity index (χ4n) is 2.77. The average molecular weight is 420 g/mol. The topological polar surface area (TPSA) is 87.3 Å². The van der Waals surface area contributed by atoms with E-state index >= 15 is 0 Å². The van der Waals surface area contributed by atoms with Crippen molar-refractivity contribution in [2.45, 2.75) is 6.92 Å². The van der Waals surface area contributed by atoms with E-state index in [2.05, 4.69) is 16.0 Å². The van der Waals surface area contributed by atoms with Crippen molar-refractivity contribution in [2.24, 2.45) is 0 Å². The van der Waals surface area contributed by atoms with Crippen LogP contribution in [0.5, 0.6) is 0 Å². The summed E-state index contributed by atoms with van der Waals surface area (Å²) in [5.41, 5.74) is 2.73. The zero-order valence-corrected chi connectivity index (χ0v) is 17.4. The maximum absolute atomic E-state index is 12.5. The second kappa shape index (κ2) is 9.67. The van der Waals surface area contributed by atoms with Crippen molar-refractivity contribution in [3.05, 3.63) is 88.1 Å². The molecule has 3 N–H and O–H groups in total. The third-order valence-electron chi connectivity index (χ3n) is 4.26. The molecule has 1 aromatic heterocycles. The number of rotatable bonds is 6. The van der Waals surface area contributed by atoms with E-state index in [4.69, 9.17) is 0 Å². The van der Waals surface area contributed by atoms with Crippen LogP contribution >= 0.6 is 11.3 Å². The van der Waals surface area contributed by atoms with E-state index in [1.807, 2.05) is 24.4 Å². The molecular weight excluding hydrogens is 398 g/mol. The molecule has 0 aliphatic carbocycles. The highest BCUT2D eigenvalue weighted by atomic mass is 32.1. The minimum Gasteiger partial charge on any atom is -0.355 e. The van der Waals surface area contributed by atoms with Crippen molar-refractivity contribution in [3.63, 3.8) is 0 Å². The summed E-state index contributed by atoms with van der Waals surface area (Å²) in [6.45, 7) is 1.88. The van der Waals surface area contributed by atoms with E-state index in [1.54, 1.807) is 59.9 Å². The molecule has 3 amide bonds. The Morgan fingerprint density at radius 1 is 0.833 bits per heavy atom. The Balaban J connectivity index is 1.68. The maximum atomic E-state index is 12.5. The highest BCUT2D eigenvalue weighted by molar-refractivity contribution is 7.11. The maximum Gasteiger partial charge on any atom is 0.255 e. The van der Waals surface area contributed by atoms with Crippen LogP contribution in [0.1, 0.15) is 32.5 Å². The van der Waals surface area contributed by atoms with Gasteiger partial charge < -0.3 is 16.0 Å². The molecule has 0 aliphatic rings. The Morgan fingerprint density at radius 2 is 1.50 bits per heavy atom. The van der Waals surface area contributed by atoms with Gasteiger partial charge in [-0.3, -0.25) is 14.4 Å². The predicted octanol–water partition coefficient (Wildman–Crippen LogP) is 4.40. The largest absolute Gasteiger partial charge is 0.355 e. The van der Waals surface area contributed by atoms with Crippen LogP contribution in [0.15, 0.2) is 72.1 Å². The van der Waals surface area contributed by atoms with Crippen molar-refractivity contribution in [1.29, 1.82) is 0 Å². The normalized spacial score (nSPS) is 10.9.